The van der Waals surface area contributed by atoms with Crippen molar-refractivity contribution in [1.82, 2.24) is 15.5 Å². The van der Waals surface area contributed by atoms with Crippen LogP contribution in [0.4, 0.5) is 0 Å². The summed E-state index contributed by atoms with van der Waals surface area (Å²) in [7, 11) is 0. The predicted molar refractivity (Wildman–Crippen MR) is 75.3 cm³/mol. The maximum atomic E-state index is 5.39. The average molecular weight is 273 g/mol. The van der Waals surface area contributed by atoms with Gasteiger partial charge in [-0.2, -0.15) is 0 Å². The third-order valence-electron chi connectivity index (χ3n) is 3.50. The van der Waals surface area contributed by atoms with Gasteiger partial charge in [-0.1, -0.05) is 18.1 Å². The standard InChI is InChI=1S/C15H19N3O2/c1-2-6-17-15(10-19-11-15)9-12-8-14(20-18-12)13-5-3-4-7-16-13/h3-5,7-8,17H,2,6,9-11H2,1H3. The molecule has 0 aromatic carbocycles. The average Bonchev–Trinajstić information content (AvgIpc) is 2.91. The molecule has 2 aromatic rings. The van der Waals surface area contributed by atoms with Crippen molar-refractivity contribution in [3.63, 3.8) is 0 Å². The molecular formula is C15H19N3O2. The van der Waals surface area contributed by atoms with Gasteiger partial charge in [0.25, 0.3) is 0 Å². The molecule has 2 aromatic heterocycles. The molecule has 3 heterocycles. The van der Waals surface area contributed by atoms with Crippen molar-refractivity contribution in [3.05, 3.63) is 36.2 Å². The van der Waals surface area contributed by atoms with Gasteiger partial charge >= 0.3 is 0 Å². The molecule has 5 heteroatoms. The van der Waals surface area contributed by atoms with Gasteiger partial charge in [0.05, 0.1) is 24.4 Å². The van der Waals surface area contributed by atoms with E-state index in [2.05, 4.69) is 22.4 Å². The first-order valence-corrected chi connectivity index (χ1v) is 7.01. The smallest absolute Gasteiger partial charge is 0.185 e. The molecule has 1 fully saturated rings. The highest BCUT2D eigenvalue weighted by Gasteiger charge is 2.38. The van der Waals surface area contributed by atoms with Crippen LogP contribution in [-0.2, 0) is 11.2 Å². The number of rotatable bonds is 6. The summed E-state index contributed by atoms with van der Waals surface area (Å²) in [6.45, 7) is 4.63. The quantitative estimate of drug-likeness (QED) is 0.873. The first-order chi connectivity index (χ1) is 9.81. The second-order valence-electron chi connectivity index (χ2n) is 5.27. The zero-order valence-electron chi connectivity index (χ0n) is 11.6. The molecule has 0 bridgehead atoms. The monoisotopic (exact) mass is 273 g/mol. The Balaban J connectivity index is 1.71. The molecule has 20 heavy (non-hydrogen) atoms. The maximum Gasteiger partial charge on any atom is 0.185 e. The van der Waals surface area contributed by atoms with E-state index in [-0.39, 0.29) is 5.54 Å². The van der Waals surface area contributed by atoms with Gasteiger partial charge < -0.3 is 14.6 Å². The third kappa shape index (κ3) is 2.73. The van der Waals surface area contributed by atoms with Crippen molar-refractivity contribution in [2.75, 3.05) is 19.8 Å². The lowest BCUT2D eigenvalue weighted by Gasteiger charge is -2.42. The fourth-order valence-corrected chi connectivity index (χ4v) is 2.38. The highest BCUT2D eigenvalue weighted by Crippen LogP contribution is 2.24. The van der Waals surface area contributed by atoms with Crippen LogP contribution in [-0.4, -0.2) is 35.4 Å². The topological polar surface area (TPSA) is 60.2 Å². The van der Waals surface area contributed by atoms with Crippen LogP contribution in [0.1, 0.15) is 19.0 Å². The Morgan fingerprint density at radius 1 is 1.35 bits per heavy atom. The zero-order chi connectivity index (χ0) is 13.8. The fourth-order valence-electron chi connectivity index (χ4n) is 2.38. The van der Waals surface area contributed by atoms with Crippen LogP contribution in [0.3, 0.4) is 0 Å². The lowest BCUT2D eigenvalue weighted by molar-refractivity contribution is -0.0743. The van der Waals surface area contributed by atoms with Gasteiger partial charge in [0.15, 0.2) is 5.76 Å². The normalized spacial score (nSPS) is 16.9. The number of aromatic nitrogens is 2. The van der Waals surface area contributed by atoms with Crippen molar-refractivity contribution >= 4 is 0 Å². The molecule has 0 unspecified atom stereocenters. The van der Waals surface area contributed by atoms with Crippen molar-refractivity contribution in [3.8, 4) is 11.5 Å². The molecule has 3 rings (SSSR count). The summed E-state index contributed by atoms with van der Waals surface area (Å²) in [5, 5.41) is 7.71. The second kappa shape index (κ2) is 5.73. The third-order valence-corrected chi connectivity index (χ3v) is 3.50. The van der Waals surface area contributed by atoms with Gasteiger partial charge in [0, 0.05) is 18.7 Å². The Hall–Kier alpha value is -1.72. The van der Waals surface area contributed by atoms with E-state index in [0.717, 1.165) is 44.0 Å². The first kappa shape index (κ1) is 13.3. The SMILES string of the molecule is CCCNC1(Cc2cc(-c3ccccn3)on2)COC1. The molecule has 106 valence electrons. The minimum atomic E-state index is 0.0221. The number of ether oxygens (including phenoxy) is 1. The minimum Gasteiger partial charge on any atom is -0.377 e. The molecule has 0 spiro atoms. The molecule has 1 aliphatic heterocycles. The molecule has 1 N–H and O–H groups in total. The Kier molecular flexibility index (Phi) is 3.80. The molecule has 1 saturated heterocycles. The van der Waals surface area contributed by atoms with Crippen LogP contribution in [0.25, 0.3) is 11.5 Å². The van der Waals surface area contributed by atoms with Crippen LogP contribution in [0, 0.1) is 0 Å². The van der Waals surface area contributed by atoms with Crippen LogP contribution in [0.2, 0.25) is 0 Å². The van der Waals surface area contributed by atoms with Crippen LogP contribution >= 0.6 is 0 Å². The highest BCUT2D eigenvalue weighted by atomic mass is 16.5. The number of pyridine rings is 1. The first-order valence-electron chi connectivity index (χ1n) is 7.01. The van der Waals surface area contributed by atoms with Gasteiger partial charge in [0.2, 0.25) is 0 Å². The molecule has 0 atom stereocenters. The summed E-state index contributed by atoms with van der Waals surface area (Å²) in [4.78, 5) is 4.27. The largest absolute Gasteiger partial charge is 0.377 e. The van der Waals surface area contributed by atoms with Gasteiger partial charge in [0.1, 0.15) is 5.69 Å². The van der Waals surface area contributed by atoms with Crippen LogP contribution in [0.5, 0.6) is 0 Å². The van der Waals surface area contributed by atoms with Crippen LogP contribution in [0.15, 0.2) is 35.0 Å². The summed E-state index contributed by atoms with van der Waals surface area (Å²) in [6, 6.07) is 7.71. The molecule has 0 saturated carbocycles. The number of nitrogens with one attached hydrogen (secondary N) is 1. The Morgan fingerprint density at radius 2 is 2.25 bits per heavy atom. The lowest BCUT2D eigenvalue weighted by Crippen LogP contribution is -2.62. The number of nitrogens with zero attached hydrogens (tertiary/aromatic N) is 2. The van der Waals surface area contributed by atoms with E-state index < -0.39 is 0 Å². The van der Waals surface area contributed by atoms with Crippen LogP contribution < -0.4 is 5.32 Å². The van der Waals surface area contributed by atoms with E-state index in [1.165, 1.54) is 0 Å². The molecule has 0 aliphatic carbocycles. The van der Waals surface area contributed by atoms with Gasteiger partial charge in [-0.25, -0.2) is 0 Å². The summed E-state index contributed by atoms with van der Waals surface area (Å²) < 4.78 is 10.8. The van der Waals surface area contributed by atoms with E-state index in [1.807, 2.05) is 24.3 Å². The molecular weight excluding hydrogens is 254 g/mol. The lowest BCUT2D eigenvalue weighted by atomic mass is 9.91. The van der Waals surface area contributed by atoms with Crippen molar-refractivity contribution < 1.29 is 9.26 Å². The molecule has 0 radical (unpaired) electrons. The van der Waals surface area contributed by atoms with E-state index in [0.29, 0.717) is 5.76 Å². The van der Waals surface area contributed by atoms with E-state index in [1.54, 1.807) is 6.20 Å². The minimum absolute atomic E-state index is 0.0221. The van der Waals surface area contributed by atoms with Crippen molar-refractivity contribution in [2.45, 2.75) is 25.3 Å². The van der Waals surface area contributed by atoms with Crippen molar-refractivity contribution in [1.29, 1.82) is 0 Å². The Labute approximate surface area is 118 Å². The van der Waals surface area contributed by atoms with Crippen molar-refractivity contribution in [2.24, 2.45) is 0 Å². The maximum absolute atomic E-state index is 5.39. The highest BCUT2D eigenvalue weighted by molar-refractivity contribution is 5.51. The molecule has 0 amide bonds. The Morgan fingerprint density at radius 3 is 2.90 bits per heavy atom. The molecule has 5 nitrogen and oxygen atoms in total. The van der Waals surface area contributed by atoms with Gasteiger partial charge in [-0.3, -0.25) is 4.98 Å². The molecule has 1 aliphatic rings. The van der Waals surface area contributed by atoms with E-state index in [4.69, 9.17) is 9.26 Å². The van der Waals surface area contributed by atoms with E-state index >= 15 is 0 Å². The number of hydrogen-bond donors (Lipinski definition) is 1. The summed E-state index contributed by atoms with van der Waals surface area (Å²) >= 11 is 0. The summed E-state index contributed by atoms with van der Waals surface area (Å²) in [6.07, 6.45) is 3.69. The zero-order valence-corrected chi connectivity index (χ0v) is 11.6. The van der Waals surface area contributed by atoms with E-state index in [9.17, 15) is 0 Å². The Bertz CT molecular complexity index is 549. The second-order valence-corrected chi connectivity index (χ2v) is 5.27. The summed E-state index contributed by atoms with van der Waals surface area (Å²) in [5.41, 5.74) is 1.78. The van der Waals surface area contributed by atoms with Gasteiger partial charge in [-0.15, -0.1) is 0 Å². The fraction of sp³-hybridized carbons (Fsp3) is 0.467. The van der Waals surface area contributed by atoms with Gasteiger partial charge in [-0.05, 0) is 25.1 Å². The number of hydrogen-bond acceptors (Lipinski definition) is 5. The summed E-state index contributed by atoms with van der Waals surface area (Å²) in [5.74, 6) is 0.714. The predicted octanol–water partition coefficient (Wildman–Crippen LogP) is 2.05.